The molecule has 1 aliphatic heterocycles. The van der Waals surface area contributed by atoms with Crippen molar-refractivity contribution in [3.8, 4) is 5.75 Å². The second kappa shape index (κ2) is 7.39. The lowest BCUT2D eigenvalue weighted by molar-refractivity contribution is -0.117. The van der Waals surface area contributed by atoms with E-state index >= 15 is 0 Å². The van der Waals surface area contributed by atoms with Crippen molar-refractivity contribution in [3.63, 3.8) is 0 Å². The molecule has 0 saturated heterocycles. The highest BCUT2D eigenvalue weighted by Crippen LogP contribution is 2.32. The molecule has 0 atom stereocenters. The summed E-state index contributed by atoms with van der Waals surface area (Å²) in [4.78, 5) is 14.2. The molecule has 2 aromatic rings. The highest BCUT2D eigenvalue weighted by Gasteiger charge is 2.23. The van der Waals surface area contributed by atoms with Crippen LogP contribution in [0.3, 0.4) is 0 Å². The number of nitrogens with zero attached hydrogens (tertiary/aromatic N) is 1. The van der Waals surface area contributed by atoms with Gasteiger partial charge in [-0.15, -0.1) is 0 Å². The summed E-state index contributed by atoms with van der Waals surface area (Å²) in [5, 5.41) is 3.22. The van der Waals surface area contributed by atoms with Crippen molar-refractivity contribution >= 4 is 17.3 Å². The number of hydrogen-bond donors (Lipinski definition) is 1. The maximum absolute atomic E-state index is 12.3. The third kappa shape index (κ3) is 3.70. The molecule has 0 aromatic heterocycles. The zero-order valence-corrected chi connectivity index (χ0v) is 14.3. The predicted octanol–water partition coefficient (Wildman–Crippen LogP) is 3.92. The lowest BCUT2D eigenvalue weighted by atomic mass is 10.0. The number of carbonyl (C=O) groups excluding carboxylic acids is 1. The highest BCUT2D eigenvalue weighted by atomic mass is 16.5. The van der Waals surface area contributed by atoms with Crippen LogP contribution in [0.25, 0.3) is 0 Å². The monoisotopic (exact) mass is 324 g/mol. The minimum Gasteiger partial charge on any atom is -0.494 e. The number of nitrogens with one attached hydrogen (secondary N) is 1. The fraction of sp³-hybridized carbons (Fsp3) is 0.350. The number of fused-ring (bicyclic) bond motifs is 1. The van der Waals surface area contributed by atoms with Crippen LogP contribution in [0.5, 0.6) is 5.75 Å². The molecule has 1 N–H and O–H groups in total. The molecule has 0 unspecified atom stereocenters. The molecule has 1 aliphatic rings. The summed E-state index contributed by atoms with van der Waals surface area (Å²) >= 11 is 0. The Balaban J connectivity index is 1.55. The van der Waals surface area contributed by atoms with Crippen LogP contribution < -0.4 is 15.0 Å². The molecule has 0 radical (unpaired) electrons. The van der Waals surface area contributed by atoms with E-state index in [0.29, 0.717) is 13.2 Å². The Morgan fingerprint density at radius 2 is 1.83 bits per heavy atom. The molecule has 0 aliphatic carbocycles. The van der Waals surface area contributed by atoms with Gasteiger partial charge < -0.3 is 15.0 Å². The van der Waals surface area contributed by atoms with E-state index in [9.17, 15) is 4.79 Å². The molecule has 1 amide bonds. The van der Waals surface area contributed by atoms with E-state index < -0.39 is 0 Å². The van der Waals surface area contributed by atoms with Gasteiger partial charge in [0.2, 0.25) is 5.91 Å². The molecule has 0 saturated carbocycles. The zero-order valence-electron chi connectivity index (χ0n) is 14.3. The van der Waals surface area contributed by atoms with Gasteiger partial charge in [0, 0.05) is 6.54 Å². The van der Waals surface area contributed by atoms with Crippen molar-refractivity contribution in [2.45, 2.75) is 26.7 Å². The number of carbonyl (C=O) groups is 1. The van der Waals surface area contributed by atoms with Gasteiger partial charge >= 0.3 is 0 Å². The molecule has 4 heteroatoms. The normalized spacial score (nSPS) is 13.4. The number of unbranched alkanes of at least 4 members (excludes halogenated alkanes) is 1. The van der Waals surface area contributed by atoms with Crippen LogP contribution in [-0.4, -0.2) is 25.6 Å². The summed E-state index contributed by atoms with van der Waals surface area (Å²) in [5.74, 6) is 1.03. The second-order valence-electron chi connectivity index (χ2n) is 6.22. The highest BCUT2D eigenvalue weighted by molar-refractivity contribution is 6.02. The molecule has 0 fully saturated rings. The quantitative estimate of drug-likeness (QED) is 0.819. The van der Waals surface area contributed by atoms with E-state index in [1.165, 1.54) is 11.1 Å². The van der Waals surface area contributed by atoms with Crippen LogP contribution in [0.2, 0.25) is 0 Å². The Morgan fingerprint density at radius 3 is 2.62 bits per heavy atom. The molecule has 24 heavy (non-hydrogen) atoms. The van der Waals surface area contributed by atoms with E-state index in [2.05, 4.69) is 31.3 Å². The van der Waals surface area contributed by atoms with Crippen molar-refractivity contribution in [2.24, 2.45) is 0 Å². The van der Waals surface area contributed by atoms with Gasteiger partial charge in [0.25, 0.3) is 0 Å². The number of ether oxygens (including phenoxy) is 1. The first kappa shape index (κ1) is 16.4. The Kier molecular flexibility index (Phi) is 5.04. The number of rotatable bonds is 6. The van der Waals surface area contributed by atoms with Gasteiger partial charge in [-0.25, -0.2) is 0 Å². The van der Waals surface area contributed by atoms with Crippen LogP contribution in [-0.2, 0) is 4.79 Å². The average Bonchev–Trinajstić information content (AvgIpc) is 2.59. The summed E-state index contributed by atoms with van der Waals surface area (Å²) in [6, 6.07) is 14.1. The molecule has 4 nitrogen and oxygen atoms in total. The molecular weight excluding hydrogens is 300 g/mol. The van der Waals surface area contributed by atoms with Crippen molar-refractivity contribution < 1.29 is 9.53 Å². The van der Waals surface area contributed by atoms with Gasteiger partial charge in [-0.3, -0.25) is 4.79 Å². The Labute approximate surface area is 143 Å². The average molecular weight is 324 g/mol. The zero-order chi connectivity index (χ0) is 16.9. The summed E-state index contributed by atoms with van der Waals surface area (Å²) in [7, 11) is 0. The molecule has 1 heterocycles. The van der Waals surface area contributed by atoms with Gasteiger partial charge in [-0.05, 0) is 62.1 Å². The predicted molar refractivity (Wildman–Crippen MR) is 97.9 cm³/mol. The van der Waals surface area contributed by atoms with E-state index in [0.717, 1.165) is 36.5 Å². The van der Waals surface area contributed by atoms with Crippen LogP contribution in [0.15, 0.2) is 42.5 Å². The topological polar surface area (TPSA) is 41.6 Å². The van der Waals surface area contributed by atoms with Crippen LogP contribution in [0, 0.1) is 13.8 Å². The Hall–Kier alpha value is -2.49. The van der Waals surface area contributed by atoms with E-state index in [1.807, 2.05) is 35.2 Å². The molecule has 3 rings (SSSR count). The maximum atomic E-state index is 12.3. The standard InChI is InChI=1S/C20H24N2O2/c1-15-12-18-19(13-16(15)2)22(20(23)14-21-18)10-6-7-11-24-17-8-4-3-5-9-17/h3-5,8-9,12-13,21H,6-7,10-11,14H2,1-2H3. The van der Waals surface area contributed by atoms with Crippen molar-refractivity contribution in [2.75, 3.05) is 29.9 Å². The third-order valence-electron chi connectivity index (χ3n) is 4.42. The van der Waals surface area contributed by atoms with Gasteiger partial charge in [-0.2, -0.15) is 0 Å². The summed E-state index contributed by atoms with van der Waals surface area (Å²) in [5.41, 5.74) is 4.51. The fourth-order valence-corrected chi connectivity index (χ4v) is 2.89. The van der Waals surface area contributed by atoms with Gasteiger partial charge in [0.15, 0.2) is 0 Å². The molecule has 126 valence electrons. The lowest BCUT2D eigenvalue weighted by Crippen LogP contribution is -2.40. The number of amides is 1. The maximum Gasteiger partial charge on any atom is 0.246 e. The fourth-order valence-electron chi connectivity index (χ4n) is 2.89. The van der Waals surface area contributed by atoms with Crippen LogP contribution in [0.4, 0.5) is 11.4 Å². The third-order valence-corrected chi connectivity index (χ3v) is 4.42. The second-order valence-corrected chi connectivity index (χ2v) is 6.22. The number of hydrogen-bond acceptors (Lipinski definition) is 3. The Morgan fingerprint density at radius 1 is 1.08 bits per heavy atom. The van der Waals surface area contributed by atoms with Crippen molar-refractivity contribution in [1.82, 2.24) is 0 Å². The van der Waals surface area contributed by atoms with Crippen molar-refractivity contribution in [1.29, 1.82) is 0 Å². The molecule has 0 spiro atoms. The van der Waals surface area contributed by atoms with E-state index in [1.54, 1.807) is 0 Å². The van der Waals surface area contributed by atoms with E-state index in [-0.39, 0.29) is 5.91 Å². The number of anilines is 2. The summed E-state index contributed by atoms with van der Waals surface area (Å²) in [6.45, 7) is 5.95. The van der Waals surface area contributed by atoms with E-state index in [4.69, 9.17) is 4.74 Å². The van der Waals surface area contributed by atoms with Crippen molar-refractivity contribution in [3.05, 3.63) is 53.6 Å². The van der Waals surface area contributed by atoms with Gasteiger partial charge in [0.1, 0.15) is 5.75 Å². The molecule has 0 bridgehead atoms. The summed E-state index contributed by atoms with van der Waals surface area (Å²) < 4.78 is 5.71. The summed E-state index contributed by atoms with van der Waals surface area (Å²) in [6.07, 6.45) is 1.84. The van der Waals surface area contributed by atoms with Crippen LogP contribution in [0.1, 0.15) is 24.0 Å². The largest absolute Gasteiger partial charge is 0.494 e. The number of para-hydroxylation sites is 1. The SMILES string of the molecule is Cc1cc2c(cc1C)N(CCCCOc1ccccc1)C(=O)CN2. The van der Waals surface area contributed by atoms with Gasteiger partial charge in [-0.1, -0.05) is 18.2 Å². The van der Waals surface area contributed by atoms with Gasteiger partial charge in [0.05, 0.1) is 24.5 Å². The first-order valence-electron chi connectivity index (χ1n) is 8.48. The minimum absolute atomic E-state index is 0.134. The minimum atomic E-state index is 0.134. The molecular formula is C20H24N2O2. The lowest BCUT2D eigenvalue weighted by Gasteiger charge is -2.31. The molecule has 2 aromatic carbocycles. The first-order valence-corrected chi connectivity index (χ1v) is 8.48. The number of aryl methyl sites for hydroxylation is 2. The van der Waals surface area contributed by atoms with Crippen LogP contribution >= 0.6 is 0 Å². The smallest absolute Gasteiger partial charge is 0.246 e. The first-order chi connectivity index (χ1) is 11.6. The number of benzene rings is 2. The Bertz CT molecular complexity index is 713.